The first-order chi connectivity index (χ1) is 4.77. The molecule has 0 saturated carbocycles. The molecule has 0 aliphatic rings. The summed E-state index contributed by atoms with van der Waals surface area (Å²) in [6.07, 6.45) is 0.884. The minimum absolute atomic E-state index is 0.488. The standard InChI is InChI=1S/C4H8O5S2/c1-9-11(7,8)4-3-10(2,5)6/h3-4H,1-2H3. The predicted octanol–water partition coefficient (Wildman–Crippen LogP) is -0.522. The first-order valence-corrected chi connectivity index (χ1v) is 5.88. The van der Waals surface area contributed by atoms with E-state index in [9.17, 15) is 16.8 Å². The van der Waals surface area contributed by atoms with Gasteiger partial charge in [-0.2, -0.15) is 8.42 Å². The third kappa shape index (κ3) is 6.02. The highest BCUT2D eigenvalue weighted by Crippen LogP contribution is 1.94. The maximum atomic E-state index is 10.5. The van der Waals surface area contributed by atoms with Gasteiger partial charge in [0, 0.05) is 11.7 Å². The van der Waals surface area contributed by atoms with E-state index in [4.69, 9.17) is 0 Å². The Labute approximate surface area is 65.7 Å². The van der Waals surface area contributed by atoms with E-state index in [0.29, 0.717) is 10.8 Å². The fourth-order valence-corrected chi connectivity index (χ4v) is 1.69. The van der Waals surface area contributed by atoms with Gasteiger partial charge in [0.05, 0.1) is 12.5 Å². The zero-order valence-corrected chi connectivity index (χ0v) is 7.65. The van der Waals surface area contributed by atoms with Crippen molar-refractivity contribution >= 4 is 20.0 Å². The average molecular weight is 200 g/mol. The molecule has 0 heterocycles. The Bertz CT molecular complexity index is 333. The van der Waals surface area contributed by atoms with Gasteiger partial charge >= 0.3 is 0 Å². The van der Waals surface area contributed by atoms with Crippen molar-refractivity contribution in [1.82, 2.24) is 0 Å². The van der Waals surface area contributed by atoms with E-state index in [2.05, 4.69) is 4.18 Å². The summed E-state index contributed by atoms with van der Waals surface area (Å²) in [7, 11) is -6.27. The molecule has 0 amide bonds. The third-order valence-electron chi connectivity index (χ3n) is 0.702. The van der Waals surface area contributed by atoms with Crippen LogP contribution in [0.1, 0.15) is 0 Å². The second-order valence-corrected chi connectivity index (χ2v) is 5.28. The Balaban J connectivity index is 4.66. The Morgan fingerprint density at radius 1 is 1.09 bits per heavy atom. The summed E-state index contributed by atoms with van der Waals surface area (Å²) >= 11 is 0. The molecule has 7 heteroatoms. The first kappa shape index (κ1) is 10.6. The summed E-state index contributed by atoms with van der Waals surface area (Å²) in [5, 5.41) is 1.05. The third-order valence-corrected chi connectivity index (χ3v) is 2.44. The molecular weight excluding hydrogens is 192 g/mol. The van der Waals surface area contributed by atoms with Crippen molar-refractivity contribution in [2.24, 2.45) is 0 Å². The molecular formula is C4H8O5S2. The smallest absolute Gasteiger partial charge is 0.270 e. The van der Waals surface area contributed by atoms with Crippen molar-refractivity contribution in [3.8, 4) is 0 Å². The largest absolute Gasteiger partial charge is 0.290 e. The second kappa shape index (κ2) is 3.33. The SMILES string of the molecule is COS(=O)(=O)C=CS(C)(=O)=O. The zero-order valence-electron chi connectivity index (χ0n) is 6.01. The lowest BCUT2D eigenvalue weighted by Gasteiger charge is -1.90. The highest BCUT2D eigenvalue weighted by Gasteiger charge is 2.03. The van der Waals surface area contributed by atoms with Crippen molar-refractivity contribution in [2.75, 3.05) is 13.4 Å². The van der Waals surface area contributed by atoms with Crippen LogP contribution in [0.2, 0.25) is 0 Å². The normalized spacial score (nSPS) is 14.0. The number of rotatable bonds is 3. The molecule has 0 saturated heterocycles. The number of sulfone groups is 1. The molecule has 0 unspecified atom stereocenters. The van der Waals surface area contributed by atoms with Crippen LogP contribution in [0.3, 0.4) is 0 Å². The van der Waals surface area contributed by atoms with Crippen LogP contribution in [0.4, 0.5) is 0 Å². The van der Waals surface area contributed by atoms with E-state index in [0.717, 1.165) is 13.4 Å². The maximum absolute atomic E-state index is 10.5. The van der Waals surface area contributed by atoms with Gasteiger partial charge in [-0.3, -0.25) is 4.18 Å². The summed E-state index contributed by atoms with van der Waals surface area (Å²) in [5.41, 5.74) is 0. The Morgan fingerprint density at radius 3 is 1.82 bits per heavy atom. The molecule has 11 heavy (non-hydrogen) atoms. The van der Waals surface area contributed by atoms with E-state index in [1.165, 1.54) is 0 Å². The van der Waals surface area contributed by atoms with Crippen LogP contribution >= 0.6 is 0 Å². The van der Waals surface area contributed by atoms with E-state index in [1.54, 1.807) is 0 Å². The predicted molar refractivity (Wildman–Crippen MR) is 39.9 cm³/mol. The lowest BCUT2D eigenvalue weighted by molar-refractivity contribution is 0.406. The molecule has 66 valence electrons. The topological polar surface area (TPSA) is 77.5 Å². The quantitative estimate of drug-likeness (QED) is 0.573. The van der Waals surface area contributed by atoms with Crippen molar-refractivity contribution in [2.45, 2.75) is 0 Å². The number of hydrogen-bond acceptors (Lipinski definition) is 5. The van der Waals surface area contributed by atoms with Gasteiger partial charge < -0.3 is 0 Å². The van der Waals surface area contributed by atoms with Gasteiger partial charge in [-0.25, -0.2) is 8.42 Å². The van der Waals surface area contributed by atoms with Crippen LogP contribution < -0.4 is 0 Å². The molecule has 0 bridgehead atoms. The molecule has 0 aromatic heterocycles. The second-order valence-electron chi connectivity index (χ2n) is 1.76. The first-order valence-electron chi connectivity index (χ1n) is 2.45. The molecule has 0 aliphatic heterocycles. The van der Waals surface area contributed by atoms with Gasteiger partial charge in [0.2, 0.25) is 0 Å². The molecule has 0 aliphatic carbocycles. The number of hydrogen-bond donors (Lipinski definition) is 0. The summed E-state index contributed by atoms with van der Waals surface area (Å²) in [6.45, 7) is 0. The molecule has 0 fully saturated rings. The fourth-order valence-electron chi connectivity index (χ4n) is 0.225. The zero-order chi connectivity index (χ0) is 9.12. The minimum atomic E-state index is -3.81. The van der Waals surface area contributed by atoms with E-state index >= 15 is 0 Å². The molecule has 0 spiro atoms. The van der Waals surface area contributed by atoms with Crippen molar-refractivity contribution in [1.29, 1.82) is 0 Å². The molecule has 5 nitrogen and oxygen atoms in total. The highest BCUT2D eigenvalue weighted by molar-refractivity contribution is 7.95. The summed E-state index contributed by atoms with van der Waals surface area (Å²) in [5.74, 6) is 0. The molecule has 0 aromatic carbocycles. The van der Waals surface area contributed by atoms with Crippen LogP contribution in [-0.2, 0) is 24.1 Å². The monoisotopic (exact) mass is 200 g/mol. The van der Waals surface area contributed by atoms with Crippen LogP contribution in [0.5, 0.6) is 0 Å². The highest BCUT2D eigenvalue weighted by atomic mass is 32.2. The van der Waals surface area contributed by atoms with Gasteiger partial charge in [-0.15, -0.1) is 0 Å². The van der Waals surface area contributed by atoms with Crippen molar-refractivity contribution in [3.05, 3.63) is 10.8 Å². The summed E-state index contributed by atoms with van der Waals surface area (Å²) < 4.78 is 45.7. The van der Waals surface area contributed by atoms with Crippen molar-refractivity contribution in [3.63, 3.8) is 0 Å². The fraction of sp³-hybridized carbons (Fsp3) is 0.500. The maximum Gasteiger partial charge on any atom is 0.290 e. The summed E-state index contributed by atoms with van der Waals surface area (Å²) in [4.78, 5) is 0. The van der Waals surface area contributed by atoms with Gasteiger partial charge in [0.25, 0.3) is 10.1 Å². The van der Waals surface area contributed by atoms with Crippen LogP contribution in [0, 0.1) is 0 Å². The molecule has 0 rings (SSSR count). The Kier molecular flexibility index (Phi) is 3.21. The molecule has 0 radical (unpaired) electrons. The van der Waals surface area contributed by atoms with E-state index in [-0.39, 0.29) is 0 Å². The van der Waals surface area contributed by atoms with Gasteiger partial charge in [-0.1, -0.05) is 0 Å². The lowest BCUT2D eigenvalue weighted by Crippen LogP contribution is -1.98. The minimum Gasteiger partial charge on any atom is -0.270 e. The van der Waals surface area contributed by atoms with Crippen LogP contribution in [-0.4, -0.2) is 30.2 Å². The van der Waals surface area contributed by atoms with Crippen LogP contribution in [0.15, 0.2) is 10.8 Å². The average Bonchev–Trinajstić information content (AvgIpc) is 1.83. The van der Waals surface area contributed by atoms with Crippen LogP contribution in [0.25, 0.3) is 0 Å². The van der Waals surface area contributed by atoms with Gasteiger partial charge in [0.15, 0.2) is 9.84 Å². The van der Waals surface area contributed by atoms with Gasteiger partial charge in [0.1, 0.15) is 0 Å². The van der Waals surface area contributed by atoms with Crippen molar-refractivity contribution < 1.29 is 21.0 Å². The molecule has 0 atom stereocenters. The summed E-state index contributed by atoms with van der Waals surface area (Å²) in [6, 6.07) is 0. The van der Waals surface area contributed by atoms with E-state index in [1.807, 2.05) is 0 Å². The molecule has 0 aromatic rings. The Morgan fingerprint density at radius 2 is 1.55 bits per heavy atom. The lowest BCUT2D eigenvalue weighted by atomic mass is 11.3. The Hall–Kier alpha value is -0.400. The van der Waals surface area contributed by atoms with Gasteiger partial charge in [-0.05, 0) is 0 Å². The van der Waals surface area contributed by atoms with E-state index < -0.39 is 20.0 Å². The molecule has 0 N–H and O–H groups in total.